The topological polar surface area (TPSA) is 0 Å². The van der Waals surface area contributed by atoms with E-state index in [2.05, 4.69) is 196 Å². The minimum Gasteiger partial charge on any atom is -0.135 e. The third-order valence-electron chi connectivity index (χ3n) is 12.3. The molecule has 0 atom stereocenters. The Balaban J connectivity index is 1.19. The summed E-state index contributed by atoms with van der Waals surface area (Å²) in [5.74, 6) is 0. The van der Waals surface area contributed by atoms with Crippen molar-refractivity contribution in [3.05, 3.63) is 193 Å². The predicted molar refractivity (Wildman–Crippen MR) is 247 cm³/mol. The molecule has 0 saturated heterocycles. The van der Waals surface area contributed by atoms with Crippen LogP contribution in [0.4, 0.5) is 0 Å². The minimum atomic E-state index is 1.24. The summed E-state index contributed by atoms with van der Waals surface area (Å²) in [5, 5.41) is 10.4. The van der Waals surface area contributed by atoms with Gasteiger partial charge in [0.25, 0.3) is 0 Å². The molecule has 0 N–H and O–H groups in total. The lowest BCUT2D eigenvalue weighted by Gasteiger charge is -2.20. The first-order valence-electron chi connectivity index (χ1n) is 19.8. The summed E-state index contributed by atoms with van der Waals surface area (Å²) in [5.41, 5.74) is 18.0. The van der Waals surface area contributed by atoms with E-state index in [1.54, 1.807) is 0 Å². The number of hydrogen-bond acceptors (Lipinski definition) is 1. The van der Waals surface area contributed by atoms with Crippen LogP contribution < -0.4 is 0 Å². The Kier molecular flexibility index (Phi) is 7.03. The van der Waals surface area contributed by atoms with Gasteiger partial charge in [0.2, 0.25) is 0 Å². The van der Waals surface area contributed by atoms with Crippen LogP contribution in [0.2, 0.25) is 0 Å². The summed E-state index contributed by atoms with van der Waals surface area (Å²) in [6.07, 6.45) is 0. The zero-order chi connectivity index (χ0) is 37.8. The normalized spacial score (nSPS) is 12.0. The Morgan fingerprint density at radius 2 is 0.877 bits per heavy atom. The van der Waals surface area contributed by atoms with Gasteiger partial charge in [0.1, 0.15) is 0 Å². The molecule has 0 spiro atoms. The first-order valence-corrected chi connectivity index (χ1v) is 20.6. The first kappa shape index (κ1) is 32.4. The van der Waals surface area contributed by atoms with Gasteiger partial charge in [0, 0.05) is 25.7 Å². The lowest BCUT2D eigenvalue weighted by Crippen LogP contribution is -1.93. The highest BCUT2D eigenvalue weighted by Crippen LogP contribution is 2.59. The summed E-state index contributed by atoms with van der Waals surface area (Å²) in [7, 11) is 0. The molecule has 0 nitrogen and oxygen atoms in total. The molecule has 0 unspecified atom stereocenters. The molecule has 0 bridgehead atoms. The molecule has 1 aliphatic rings. The van der Waals surface area contributed by atoms with Crippen LogP contribution in [-0.2, 0) is 0 Å². The van der Waals surface area contributed by atoms with Gasteiger partial charge in [-0.15, -0.1) is 11.3 Å². The summed E-state index contributed by atoms with van der Waals surface area (Å²) < 4.78 is 2.66. The van der Waals surface area contributed by atoms with E-state index in [1.165, 1.54) is 130 Å². The largest absolute Gasteiger partial charge is 0.135 e. The Morgan fingerprint density at radius 1 is 0.316 bits per heavy atom. The SMILES string of the molecule is Cc1ccc(-c2c3c(c(-c4ccc(C)cc4)c4ccccc24)-c2ccc(-c4cc(-c5ccc6ccccc6c5)cc5c4sc4ccccc45)c4cccc-3c24)cc1. The number of rotatable bonds is 4. The number of thiophene rings is 1. The Bertz CT molecular complexity index is 3350. The minimum absolute atomic E-state index is 1.24. The molecule has 0 amide bonds. The van der Waals surface area contributed by atoms with E-state index in [1.807, 2.05) is 11.3 Å². The van der Waals surface area contributed by atoms with Gasteiger partial charge in [0.15, 0.2) is 0 Å². The number of hydrogen-bond donors (Lipinski definition) is 0. The highest BCUT2D eigenvalue weighted by Gasteiger charge is 2.31. The first-order chi connectivity index (χ1) is 28.1. The van der Waals surface area contributed by atoms with Crippen molar-refractivity contribution in [1.82, 2.24) is 0 Å². The second kappa shape index (κ2) is 12.4. The van der Waals surface area contributed by atoms with Crippen molar-refractivity contribution in [3.8, 4) is 66.8 Å². The molecule has 0 aliphatic heterocycles. The van der Waals surface area contributed by atoms with Crippen molar-refractivity contribution < 1.29 is 0 Å². The van der Waals surface area contributed by atoms with Gasteiger partial charge in [-0.25, -0.2) is 0 Å². The van der Waals surface area contributed by atoms with Crippen molar-refractivity contribution in [2.24, 2.45) is 0 Å². The highest BCUT2D eigenvalue weighted by molar-refractivity contribution is 7.26. The Labute approximate surface area is 335 Å². The molecule has 1 aromatic heterocycles. The molecule has 266 valence electrons. The number of aryl methyl sites for hydroxylation is 2. The van der Waals surface area contributed by atoms with E-state index in [0.717, 1.165) is 0 Å². The van der Waals surface area contributed by atoms with Crippen LogP contribution in [0.3, 0.4) is 0 Å². The molecule has 1 heterocycles. The Hall–Kier alpha value is -6.80. The standard InChI is InChI=1S/C56H36S/c1-33-18-22-36(23-19-33)51-44-13-5-6-14-45(44)52(37-24-20-34(2)21-25-37)55-47-29-28-41(43-15-9-16-46(53(43)47)54(51)55)48-31-40(39-27-26-35-10-3-4-11-38(35)30-39)32-49-42-12-7-8-17-50(42)57-56(48)49/h3-32H,1-2H3. The molecular weight excluding hydrogens is 705 g/mol. The fourth-order valence-electron chi connectivity index (χ4n) is 9.64. The van der Waals surface area contributed by atoms with E-state index in [4.69, 9.17) is 0 Å². The van der Waals surface area contributed by atoms with Crippen LogP contribution in [0.5, 0.6) is 0 Å². The van der Waals surface area contributed by atoms with Crippen molar-refractivity contribution in [2.75, 3.05) is 0 Å². The summed E-state index contributed by atoms with van der Waals surface area (Å²) >= 11 is 1.91. The van der Waals surface area contributed by atoms with Crippen LogP contribution in [0, 0.1) is 13.8 Å². The van der Waals surface area contributed by atoms with E-state index in [0.29, 0.717) is 0 Å². The van der Waals surface area contributed by atoms with Gasteiger partial charge < -0.3 is 0 Å². The molecule has 0 radical (unpaired) electrons. The van der Waals surface area contributed by atoms with Crippen LogP contribution >= 0.6 is 11.3 Å². The third kappa shape index (κ3) is 4.86. The average molecular weight is 741 g/mol. The summed E-state index contributed by atoms with van der Waals surface area (Å²) in [6, 6.07) is 68.5. The molecule has 1 heteroatoms. The molecule has 0 fully saturated rings. The van der Waals surface area contributed by atoms with Gasteiger partial charge in [-0.1, -0.05) is 169 Å². The van der Waals surface area contributed by atoms with Crippen LogP contribution in [-0.4, -0.2) is 0 Å². The van der Waals surface area contributed by atoms with Crippen LogP contribution in [0.1, 0.15) is 11.1 Å². The molecule has 57 heavy (non-hydrogen) atoms. The van der Waals surface area contributed by atoms with Crippen LogP contribution in [0.15, 0.2) is 182 Å². The van der Waals surface area contributed by atoms with Crippen molar-refractivity contribution in [3.63, 3.8) is 0 Å². The molecular formula is C56H36S. The maximum Gasteiger partial charge on any atom is 0.0434 e. The van der Waals surface area contributed by atoms with E-state index < -0.39 is 0 Å². The maximum absolute atomic E-state index is 2.46. The monoisotopic (exact) mass is 740 g/mol. The van der Waals surface area contributed by atoms with Crippen molar-refractivity contribution >= 4 is 63.8 Å². The lowest BCUT2D eigenvalue weighted by atomic mass is 9.82. The van der Waals surface area contributed by atoms with Gasteiger partial charge in [-0.3, -0.25) is 0 Å². The maximum atomic E-state index is 2.46. The predicted octanol–water partition coefficient (Wildman–Crippen LogP) is 16.4. The van der Waals surface area contributed by atoms with Crippen molar-refractivity contribution in [1.29, 1.82) is 0 Å². The van der Waals surface area contributed by atoms with E-state index >= 15 is 0 Å². The van der Waals surface area contributed by atoms with Crippen LogP contribution in [0.25, 0.3) is 119 Å². The highest BCUT2D eigenvalue weighted by atomic mass is 32.1. The summed E-state index contributed by atoms with van der Waals surface area (Å²) in [6.45, 7) is 4.35. The van der Waals surface area contributed by atoms with Crippen molar-refractivity contribution in [2.45, 2.75) is 13.8 Å². The second-order valence-corrected chi connectivity index (χ2v) is 16.8. The summed E-state index contributed by atoms with van der Waals surface area (Å²) in [4.78, 5) is 0. The third-order valence-corrected chi connectivity index (χ3v) is 13.5. The molecule has 12 rings (SSSR count). The molecule has 11 aromatic rings. The van der Waals surface area contributed by atoms with E-state index in [-0.39, 0.29) is 0 Å². The molecule has 0 saturated carbocycles. The second-order valence-electron chi connectivity index (χ2n) is 15.7. The average Bonchev–Trinajstić information content (AvgIpc) is 3.80. The fourth-order valence-corrected chi connectivity index (χ4v) is 10.9. The van der Waals surface area contributed by atoms with Gasteiger partial charge in [-0.05, 0) is 132 Å². The number of benzene rings is 10. The smallest absolute Gasteiger partial charge is 0.0434 e. The molecule has 10 aromatic carbocycles. The lowest BCUT2D eigenvalue weighted by molar-refractivity contribution is 1.47. The zero-order valence-electron chi connectivity index (χ0n) is 31.7. The number of fused-ring (bicyclic) bond motifs is 8. The van der Waals surface area contributed by atoms with Gasteiger partial charge in [-0.2, -0.15) is 0 Å². The molecule has 1 aliphatic carbocycles. The fraction of sp³-hybridized carbons (Fsp3) is 0.0357. The zero-order valence-corrected chi connectivity index (χ0v) is 32.5. The van der Waals surface area contributed by atoms with Gasteiger partial charge in [0.05, 0.1) is 0 Å². The van der Waals surface area contributed by atoms with E-state index in [9.17, 15) is 0 Å². The Morgan fingerprint density at radius 3 is 1.58 bits per heavy atom. The van der Waals surface area contributed by atoms with Gasteiger partial charge >= 0.3 is 0 Å². The quantitative estimate of drug-likeness (QED) is 0.169.